The van der Waals surface area contributed by atoms with Gasteiger partial charge in [-0.15, -0.1) is 0 Å². The van der Waals surface area contributed by atoms with Gasteiger partial charge in [-0.3, -0.25) is 4.79 Å². The molecule has 1 amide bonds. The highest BCUT2D eigenvalue weighted by atomic mass is 19.4. The zero-order valence-electron chi connectivity index (χ0n) is 17.0. The standard InChI is InChI=1S/C24H16F3N5O/c25-24(26,27)21-18(14-28-32(21)17-9-2-1-3-10-17)23(33)29-16-8-6-7-15(13-16)22-30-19-11-4-5-12-20(19)31-22/h1-14H,(H,29,33)(H,30,31). The third kappa shape index (κ3) is 3.96. The normalized spacial score (nSPS) is 11.6. The Labute approximate surface area is 185 Å². The van der Waals surface area contributed by atoms with Crippen molar-refractivity contribution in [3.05, 3.63) is 96.3 Å². The molecule has 0 saturated carbocycles. The van der Waals surface area contributed by atoms with E-state index in [1.807, 2.05) is 24.3 Å². The molecule has 0 aliphatic carbocycles. The maximum absolute atomic E-state index is 13.9. The first-order chi connectivity index (χ1) is 15.9. The second kappa shape index (κ2) is 7.94. The number of para-hydroxylation sites is 3. The second-order valence-corrected chi connectivity index (χ2v) is 7.29. The van der Waals surface area contributed by atoms with Crippen LogP contribution in [0.3, 0.4) is 0 Å². The summed E-state index contributed by atoms with van der Waals surface area (Å²) in [5.74, 6) is -0.327. The number of carbonyl (C=O) groups is 1. The molecule has 0 aliphatic heterocycles. The summed E-state index contributed by atoms with van der Waals surface area (Å²) in [5, 5.41) is 6.37. The Morgan fingerprint density at radius 3 is 2.45 bits per heavy atom. The summed E-state index contributed by atoms with van der Waals surface area (Å²) in [6.07, 6.45) is -3.86. The van der Waals surface area contributed by atoms with E-state index < -0.39 is 23.3 Å². The lowest BCUT2D eigenvalue weighted by molar-refractivity contribution is -0.143. The molecule has 3 aromatic carbocycles. The Hall–Kier alpha value is -4.40. The number of hydrogen-bond donors (Lipinski definition) is 2. The van der Waals surface area contributed by atoms with Crippen molar-refractivity contribution in [2.75, 3.05) is 5.32 Å². The van der Waals surface area contributed by atoms with E-state index in [9.17, 15) is 18.0 Å². The summed E-state index contributed by atoms with van der Waals surface area (Å²) < 4.78 is 42.3. The summed E-state index contributed by atoms with van der Waals surface area (Å²) in [4.78, 5) is 20.5. The minimum atomic E-state index is -4.78. The zero-order chi connectivity index (χ0) is 23.0. The number of nitrogens with zero attached hydrogens (tertiary/aromatic N) is 3. The lowest BCUT2D eigenvalue weighted by Crippen LogP contribution is -2.20. The van der Waals surface area contributed by atoms with Crippen molar-refractivity contribution in [3.63, 3.8) is 0 Å². The van der Waals surface area contributed by atoms with Crippen LogP contribution in [0.15, 0.2) is 85.1 Å². The molecule has 0 saturated heterocycles. The van der Waals surface area contributed by atoms with E-state index >= 15 is 0 Å². The van der Waals surface area contributed by atoms with Crippen molar-refractivity contribution in [1.29, 1.82) is 0 Å². The maximum Gasteiger partial charge on any atom is 0.434 e. The van der Waals surface area contributed by atoms with Crippen LogP contribution in [0.2, 0.25) is 0 Å². The topological polar surface area (TPSA) is 75.6 Å². The lowest BCUT2D eigenvalue weighted by atomic mass is 10.1. The van der Waals surface area contributed by atoms with Gasteiger partial charge in [-0.25, -0.2) is 9.67 Å². The van der Waals surface area contributed by atoms with Crippen LogP contribution >= 0.6 is 0 Å². The smallest absolute Gasteiger partial charge is 0.338 e. The zero-order valence-corrected chi connectivity index (χ0v) is 17.0. The number of rotatable bonds is 4. The fourth-order valence-corrected chi connectivity index (χ4v) is 3.58. The molecule has 0 bridgehead atoms. The summed E-state index contributed by atoms with van der Waals surface area (Å²) in [6, 6.07) is 22.1. The van der Waals surface area contributed by atoms with Gasteiger partial charge < -0.3 is 10.3 Å². The third-order valence-electron chi connectivity index (χ3n) is 5.07. The molecule has 0 unspecified atom stereocenters. The second-order valence-electron chi connectivity index (χ2n) is 7.29. The monoisotopic (exact) mass is 447 g/mol. The molecule has 9 heteroatoms. The number of nitrogens with one attached hydrogen (secondary N) is 2. The van der Waals surface area contributed by atoms with Gasteiger partial charge in [0.15, 0.2) is 5.69 Å². The number of aromatic amines is 1. The first kappa shape index (κ1) is 20.5. The van der Waals surface area contributed by atoms with E-state index in [4.69, 9.17) is 0 Å². The number of benzene rings is 3. The van der Waals surface area contributed by atoms with Gasteiger partial charge in [-0.2, -0.15) is 18.3 Å². The number of aromatic nitrogens is 4. The number of amides is 1. The molecular formula is C24H16F3N5O. The minimum Gasteiger partial charge on any atom is -0.338 e. The molecule has 2 aromatic heterocycles. The predicted molar refractivity (Wildman–Crippen MR) is 118 cm³/mol. The van der Waals surface area contributed by atoms with E-state index in [0.717, 1.165) is 21.9 Å². The first-order valence-corrected chi connectivity index (χ1v) is 9.97. The molecule has 164 valence electrons. The highest BCUT2D eigenvalue weighted by molar-refractivity contribution is 6.05. The molecule has 0 aliphatic rings. The van der Waals surface area contributed by atoms with Crippen LogP contribution in [0.1, 0.15) is 16.1 Å². The number of halogens is 3. The Morgan fingerprint density at radius 2 is 1.70 bits per heavy atom. The number of anilines is 1. The SMILES string of the molecule is O=C(Nc1cccc(-c2nc3ccccc3[nH]2)c1)c1cnn(-c2ccccc2)c1C(F)(F)F. The molecule has 0 spiro atoms. The van der Waals surface area contributed by atoms with Crippen molar-refractivity contribution in [3.8, 4) is 17.1 Å². The molecule has 0 radical (unpaired) electrons. The summed E-state index contributed by atoms with van der Waals surface area (Å²) in [7, 11) is 0. The van der Waals surface area contributed by atoms with Crippen LogP contribution in [0.5, 0.6) is 0 Å². The minimum absolute atomic E-state index is 0.204. The summed E-state index contributed by atoms with van der Waals surface area (Å²) in [6.45, 7) is 0. The van der Waals surface area contributed by atoms with Crippen LogP contribution in [-0.4, -0.2) is 25.7 Å². The molecule has 2 N–H and O–H groups in total. The largest absolute Gasteiger partial charge is 0.434 e. The highest BCUT2D eigenvalue weighted by Crippen LogP contribution is 2.34. The number of imidazole rings is 1. The van der Waals surface area contributed by atoms with E-state index in [1.165, 1.54) is 12.1 Å². The van der Waals surface area contributed by atoms with Gasteiger partial charge in [0.05, 0.1) is 28.5 Å². The Kier molecular flexibility index (Phi) is 4.93. The van der Waals surface area contributed by atoms with Gasteiger partial charge in [0, 0.05) is 11.3 Å². The lowest BCUT2D eigenvalue weighted by Gasteiger charge is -2.13. The van der Waals surface area contributed by atoms with Gasteiger partial charge in [0.1, 0.15) is 5.82 Å². The number of alkyl halides is 3. The Bertz CT molecular complexity index is 1420. The molecule has 0 atom stereocenters. The van der Waals surface area contributed by atoms with Gasteiger partial charge in [-0.05, 0) is 36.4 Å². The molecule has 33 heavy (non-hydrogen) atoms. The molecular weight excluding hydrogens is 431 g/mol. The molecule has 2 heterocycles. The molecule has 6 nitrogen and oxygen atoms in total. The average molecular weight is 447 g/mol. The van der Waals surface area contributed by atoms with Crippen LogP contribution in [-0.2, 0) is 6.18 Å². The van der Waals surface area contributed by atoms with Gasteiger partial charge in [0.2, 0.25) is 0 Å². The molecule has 5 rings (SSSR count). The number of carbonyl (C=O) groups excluding carboxylic acids is 1. The number of fused-ring (bicyclic) bond motifs is 1. The van der Waals surface area contributed by atoms with E-state index in [0.29, 0.717) is 17.1 Å². The van der Waals surface area contributed by atoms with Gasteiger partial charge in [-0.1, -0.05) is 42.5 Å². The van der Waals surface area contributed by atoms with Crippen molar-refractivity contribution in [2.45, 2.75) is 6.18 Å². The van der Waals surface area contributed by atoms with Crippen LogP contribution in [0.25, 0.3) is 28.1 Å². The van der Waals surface area contributed by atoms with Crippen molar-refractivity contribution in [2.24, 2.45) is 0 Å². The average Bonchev–Trinajstić information content (AvgIpc) is 3.45. The summed E-state index contributed by atoms with van der Waals surface area (Å²) >= 11 is 0. The van der Waals surface area contributed by atoms with Gasteiger partial charge >= 0.3 is 6.18 Å². The van der Waals surface area contributed by atoms with E-state index in [2.05, 4.69) is 20.4 Å². The Balaban J connectivity index is 1.47. The fourth-order valence-electron chi connectivity index (χ4n) is 3.58. The van der Waals surface area contributed by atoms with Crippen LogP contribution < -0.4 is 5.32 Å². The first-order valence-electron chi connectivity index (χ1n) is 9.97. The quantitative estimate of drug-likeness (QED) is 0.372. The number of hydrogen-bond acceptors (Lipinski definition) is 3. The summed E-state index contributed by atoms with van der Waals surface area (Å²) in [5.41, 5.74) is 1.14. The van der Waals surface area contributed by atoms with E-state index in [-0.39, 0.29) is 5.69 Å². The van der Waals surface area contributed by atoms with Gasteiger partial charge in [0.25, 0.3) is 5.91 Å². The van der Waals surface area contributed by atoms with Crippen molar-refractivity contribution < 1.29 is 18.0 Å². The van der Waals surface area contributed by atoms with Crippen molar-refractivity contribution in [1.82, 2.24) is 19.7 Å². The van der Waals surface area contributed by atoms with Crippen LogP contribution in [0.4, 0.5) is 18.9 Å². The van der Waals surface area contributed by atoms with Crippen LogP contribution in [0, 0.1) is 0 Å². The number of H-pyrrole nitrogens is 1. The predicted octanol–water partition coefficient (Wildman–Crippen LogP) is 5.69. The van der Waals surface area contributed by atoms with Crippen molar-refractivity contribution >= 4 is 22.6 Å². The molecule has 5 aromatic rings. The third-order valence-corrected chi connectivity index (χ3v) is 5.07. The fraction of sp³-hybridized carbons (Fsp3) is 0.0417. The maximum atomic E-state index is 13.9. The van der Waals surface area contributed by atoms with E-state index in [1.54, 1.807) is 42.5 Å². The Morgan fingerprint density at radius 1 is 0.939 bits per heavy atom. The highest BCUT2D eigenvalue weighted by Gasteiger charge is 2.40. The molecule has 0 fully saturated rings.